The van der Waals surface area contributed by atoms with Crippen molar-refractivity contribution in [3.05, 3.63) is 6.33 Å². The zero-order valence-electron chi connectivity index (χ0n) is 18.6. The first-order valence-corrected chi connectivity index (χ1v) is 12.0. The molecule has 13 nitrogen and oxygen atoms in total. The van der Waals surface area contributed by atoms with E-state index in [-0.39, 0.29) is 36.2 Å². The Morgan fingerprint density at radius 1 is 1.45 bits per heavy atom. The number of esters is 1. The maximum atomic E-state index is 16.1. The summed E-state index contributed by atoms with van der Waals surface area (Å²) in [6, 6.07) is -0.995. The zero-order chi connectivity index (χ0) is 24.0. The predicted molar refractivity (Wildman–Crippen MR) is 112 cm³/mol. The molecule has 0 aromatic carbocycles. The molecule has 0 amide bonds. The van der Waals surface area contributed by atoms with Gasteiger partial charge in [0.15, 0.2) is 23.1 Å². The summed E-state index contributed by atoms with van der Waals surface area (Å²) in [6.45, 7) is 6.36. The molecular weight excluding hydrogens is 462 g/mol. The number of halogens is 1. The molecule has 2 unspecified atom stereocenters. The first kappa shape index (κ1) is 23.8. The lowest BCUT2D eigenvalue weighted by molar-refractivity contribution is -0.145. The van der Waals surface area contributed by atoms with E-state index in [0.717, 1.165) is 0 Å². The van der Waals surface area contributed by atoms with Gasteiger partial charge in [0.2, 0.25) is 11.8 Å². The lowest BCUT2D eigenvalue weighted by Gasteiger charge is -2.35. The maximum absolute atomic E-state index is 16.1. The van der Waals surface area contributed by atoms with Crippen molar-refractivity contribution in [3.63, 3.8) is 0 Å². The Morgan fingerprint density at radius 2 is 2.21 bits per heavy atom. The molecule has 4 heterocycles. The SMILES string of the molecule is CCOC(=O)C(C)NP1(=O)OC[C@H]2O[C@@H](n3cnc4c(OCC)nc(N)nc43)[C@](C)(F)[C@@H]2O1. The van der Waals surface area contributed by atoms with E-state index < -0.39 is 43.9 Å². The second kappa shape index (κ2) is 8.76. The van der Waals surface area contributed by atoms with Crippen LogP contribution in [0, 0.1) is 0 Å². The van der Waals surface area contributed by atoms with Gasteiger partial charge in [0, 0.05) is 0 Å². The number of aromatic nitrogens is 4. The van der Waals surface area contributed by atoms with Crippen LogP contribution in [0.25, 0.3) is 11.2 Å². The lowest BCUT2D eigenvalue weighted by atomic mass is 9.98. The van der Waals surface area contributed by atoms with Crippen LogP contribution >= 0.6 is 7.75 Å². The summed E-state index contributed by atoms with van der Waals surface area (Å²) in [7, 11) is -4.03. The van der Waals surface area contributed by atoms with E-state index in [1.54, 1.807) is 13.8 Å². The molecule has 0 bridgehead atoms. The van der Waals surface area contributed by atoms with Crippen LogP contribution in [0.15, 0.2) is 6.33 Å². The average molecular weight is 488 g/mol. The molecule has 182 valence electrons. The average Bonchev–Trinajstić information content (AvgIpc) is 3.26. The smallest absolute Gasteiger partial charge is 0.406 e. The third kappa shape index (κ3) is 4.28. The third-order valence-electron chi connectivity index (χ3n) is 5.27. The van der Waals surface area contributed by atoms with Gasteiger partial charge < -0.3 is 19.9 Å². The topological polar surface area (TPSA) is 162 Å². The Kier molecular flexibility index (Phi) is 6.31. The summed E-state index contributed by atoms with van der Waals surface area (Å²) in [5, 5.41) is 2.48. The number of alkyl halides is 1. The molecule has 0 radical (unpaired) electrons. The molecule has 2 saturated heterocycles. The zero-order valence-corrected chi connectivity index (χ0v) is 19.5. The van der Waals surface area contributed by atoms with Gasteiger partial charge in [-0.1, -0.05) is 0 Å². The van der Waals surface area contributed by atoms with Gasteiger partial charge in [0.1, 0.15) is 18.2 Å². The van der Waals surface area contributed by atoms with Crippen LogP contribution in [0.2, 0.25) is 0 Å². The van der Waals surface area contributed by atoms with Crippen molar-refractivity contribution in [1.29, 1.82) is 0 Å². The Balaban J connectivity index is 1.60. The fourth-order valence-corrected chi connectivity index (χ4v) is 5.56. The van der Waals surface area contributed by atoms with Crippen LogP contribution in [-0.2, 0) is 27.9 Å². The van der Waals surface area contributed by atoms with Crippen molar-refractivity contribution >= 4 is 30.8 Å². The number of nitrogens with zero attached hydrogens (tertiary/aromatic N) is 4. The van der Waals surface area contributed by atoms with E-state index in [1.807, 2.05) is 0 Å². The maximum Gasteiger partial charge on any atom is 0.406 e. The van der Waals surface area contributed by atoms with Crippen LogP contribution in [0.1, 0.15) is 33.9 Å². The van der Waals surface area contributed by atoms with Crippen molar-refractivity contribution in [2.75, 3.05) is 25.6 Å². The molecule has 3 N–H and O–H groups in total. The number of nitrogens with two attached hydrogens (primary N) is 1. The minimum Gasteiger partial charge on any atom is -0.476 e. The molecule has 6 atom stereocenters. The van der Waals surface area contributed by atoms with Crippen LogP contribution in [-0.4, -0.2) is 69.2 Å². The van der Waals surface area contributed by atoms with Gasteiger partial charge in [-0.05, 0) is 27.7 Å². The molecule has 2 aromatic heterocycles. The summed E-state index contributed by atoms with van der Waals surface area (Å²) in [4.78, 5) is 24.3. The van der Waals surface area contributed by atoms with Gasteiger partial charge in [0.25, 0.3) is 0 Å². The van der Waals surface area contributed by atoms with Crippen LogP contribution < -0.4 is 15.6 Å². The van der Waals surface area contributed by atoms with Crippen molar-refractivity contribution in [2.45, 2.75) is 57.8 Å². The minimum atomic E-state index is -4.03. The van der Waals surface area contributed by atoms with Crippen LogP contribution in [0.5, 0.6) is 5.88 Å². The number of rotatable bonds is 7. The van der Waals surface area contributed by atoms with Crippen LogP contribution in [0.3, 0.4) is 0 Å². The summed E-state index contributed by atoms with van der Waals surface area (Å²) in [6.07, 6.45) is -2.07. The molecule has 15 heteroatoms. The highest BCUT2D eigenvalue weighted by Gasteiger charge is 2.61. The normalized spacial score (nSPS) is 32.5. The number of nitrogens with one attached hydrogen (secondary N) is 1. The summed E-state index contributed by atoms with van der Waals surface area (Å²) < 4.78 is 57.6. The number of imidazole rings is 1. The quantitative estimate of drug-likeness (QED) is 0.427. The van der Waals surface area contributed by atoms with Crippen molar-refractivity contribution < 1.29 is 37.0 Å². The van der Waals surface area contributed by atoms with Gasteiger partial charge in [-0.25, -0.2) is 19.0 Å². The van der Waals surface area contributed by atoms with Gasteiger partial charge in [0.05, 0.1) is 26.1 Å². The van der Waals surface area contributed by atoms with Crippen molar-refractivity contribution in [3.8, 4) is 5.88 Å². The van der Waals surface area contributed by atoms with E-state index in [1.165, 1.54) is 24.7 Å². The summed E-state index contributed by atoms with van der Waals surface area (Å²) in [5.41, 5.74) is 4.10. The van der Waals surface area contributed by atoms with Crippen LogP contribution in [0.4, 0.5) is 10.3 Å². The van der Waals surface area contributed by atoms with Crippen molar-refractivity contribution in [2.24, 2.45) is 0 Å². The fraction of sp³-hybridized carbons (Fsp3) is 0.667. The molecular formula is C18H26FN6O7P. The van der Waals surface area contributed by atoms with Gasteiger partial charge in [-0.15, -0.1) is 0 Å². The molecule has 2 aromatic rings. The molecule has 0 spiro atoms. The summed E-state index contributed by atoms with van der Waals surface area (Å²) >= 11 is 0. The highest BCUT2D eigenvalue weighted by atomic mass is 31.2. The second-order valence-electron chi connectivity index (χ2n) is 7.74. The number of hydrogen-bond donors (Lipinski definition) is 2. The summed E-state index contributed by atoms with van der Waals surface area (Å²) in [5.74, 6) is -0.557. The van der Waals surface area contributed by atoms with E-state index in [4.69, 9.17) is 29.0 Å². The number of nitrogen functional groups attached to an aromatic ring is 1. The highest BCUT2D eigenvalue weighted by Crippen LogP contribution is 2.57. The molecule has 0 saturated carbocycles. The third-order valence-corrected chi connectivity index (χ3v) is 6.97. The highest BCUT2D eigenvalue weighted by molar-refractivity contribution is 7.51. The second-order valence-corrected chi connectivity index (χ2v) is 9.47. The molecule has 0 aliphatic carbocycles. The Bertz CT molecular complexity index is 1100. The van der Waals surface area contributed by atoms with Gasteiger partial charge >= 0.3 is 13.7 Å². The van der Waals surface area contributed by atoms with Crippen molar-refractivity contribution in [1.82, 2.24) is 24.6 Å². The predicted octanol–water partition coefficient (Wildman–Crippen LogP) is 1.50. The lowest BCUT2D eigenvalue weighted by Crippen LogP contribution is -2.47. The number of ether oxygens (including phenoxy) is 3. The molecule has 4 rings (SSSR count). The first-order valence-electron chi connectivity index (χ1n) is 10.4. The number of carbonyl (C=O) groups is 1. The van der Waals surface area contributed by atoms with Gasteiger partial charge in [-0.2, -0.15) is 9.97 Å². The number of hydrogen-bond acceptors (Lipinski definition) is 11. The van der Waals surface area contributed by atoms with E-state index in [0.29, 0.717) is 6.61 Å². The number of carbonyl (C=O) groups excluding carboxylic acids is 1. The molecule has 33 heavy (non-hydrogen) atoms. The standard InChI is InChI=1S/C18H26FN6O7P/c1-5-28-14-11-13(22-17(20)23-14)25(8-21-11)16-18(4,19)12-10(31-16)7-30-33(27,32-12)24-9(3)15(26)29-6-2/h8-10,12,16H,5-7H2,1-4H3,(H,24,27)(H2,20,22,23)/t9?,10-,12-,16-,18-,33?/m1/s1. The Morgan fingerprint density at radius 3 is 2.91 bits per heavy atom. The minimum absolute atomic E-state index is 0.0788. The Labute approximate surface area is 188 Å². The first-order chi connectivity index (χ1) is 15.6. The number of anilines is 1. The van der Waals surface area contributed by atoms with E-state index in [9.17, 15) is 9.36 Å². The largest absolute Gasteiger partial charge is 0.476 e. The molecule has 2 fully saturated rings. The molecule has 2 aliphatic rings. The fourth-order valence-electron chi connectivity index (χ4n) is 3.80. The molecule has 2 aliphatic heterocycles. The van der Waals surface area contributed by atoms with E-state index in [2.05, 4.69) is 20.0 Å². The monoisotopic (exact) mass is 488 g/mol. The Hall–Kier alpha value is -2.38. The van der Waals surface area contributed by atoms with E-state index >= 15 is 4.39 Å². The van der Waals surface area contributed by atoms with Gasteiger partial charge in [-0.3, -0.25) is 18.4 Å². The number of fused-ring (bicyclic) bond motifs is 2.